The molecule has 13 heavy (non-hydrogen) atoms. The molecule has 2 atom stereocenters. The van der Waals surface area contributed by atoms with Crippen LogP contribution in [0.2, 0.25) is 0 Å². The zero-order chi connectivity index (χ0) is 9.52. The van der Waals surface area contributed by atoms with E-state index in [1.807, 2.05) is 0 Å². The van der Waals surface area contributed by atoms with Gasteiger partial charge in [-0.1, -0.05) is 6.92 Å². The molecule has 2 unspecified atom stereocenters. The van der Waals surface area contributed by atoms with Crippen molar-refractivity contribution in [3.63, 3.8) is 0 Å². The molecule has 0 radical (unpaired) electrons. The van der Waals surface area contributed by atoms with Crippen LogP contribution in [-0.4, -0.2) is 50.5 Å². The molecule has 0 aromatic rings. The van der Waals surface area contributed by atoms with Gasteiger partial charge < -0.3 is 10.2 Å². The van der Waals surface area contributed by atoms with Crippen molar-refractivity contribution in [1.82, 2.24) is 10.2 Å². The van der Waals surface area contributed by atoms with Crippen LogP contribution in [0.4, 0.5) is 0 Å². The first-order chi connectivity index (χ1) is 6.36. The second-order valence-electron chi connectivity index (χ2n) is 3.86. The van der Waals surface area contributed by atoms with E-state index in [0.717, 1.165) is 14.5 Å². The molecule has 0 aromatic heterocycles. The van der Waals surface area contributed by atoms with Crippen molar-refractivity contribution < 1.29 is 0 Å². The lowest BCUT2D eigenvalue weighted by molar-refractivity contribution is 0.262. The van der Waals surface area contributed by atoms with E-state index in [2.05, 4.69) is 23.8 Å². The molecule has 78 valence electrons. The van der Waals surface area contributed by atoms with E-state index < -0.39 is 0 Å². The van der Waals surface area contributed by atoms with Crippen molar-refractivity contribution in [3.05, 3.63) is 0 Å². The van der Waals surface area contributed by atoms with Crippen LogP contribution in [0, 0.1) is 5.92 Å². The smallest absolute Gasteiger partial charge is 0.00223 e. The molecule has 0 spiro atoms. The summed E-state index contributed by atoms with van der Waals surface area (Å²) < 4.78 is 0. The van der Waals surface area contributed by atoms with Crippen LogP contribution in [0.25, 0.3) is 0 Å². The molecule has 1 aliphatic heterocycles. The van der Waals surface area contributed by atoms with E-state index >= 15 is 0 Å². The Kier molecular flexibility index (Phi) is 5.93. The first-order valence-corrected chi connectivity index (χ1v) is 7.15. The molecule has 0 amide bonds. The highest BCUT2D eigenvalue weighted by molar-refractivity contribution is 7.37. The third kappa shape index (κ3) is 4.39. The van der Waals surface area contributed by atoms with Gasteiger partial charge in [-0.3, -0.25) is 0 Å². The van der Waals surface area contributed by atoms with Crippen LogP contribution in [0.1, 0.15) is 13.3 Å². The van der Waals surface area contributed by atoms with E-state index in [1.165, 1.54) is 45.3 Å². The Morgan fingerprint density at radius 2 is 2.38 bits per heavy atom. The summed E-state index contributed by atoms with van der Waals surface area (Å²) in [6.07, 6.45) is 2.76. The third-order valence-electron chi connectivity index (χ3n) is 2.80. The average Bonchev–Trinajstić information content (AvgIpc) is 2.64. The molecule has 1 heterocycles. The van der Waals surface area contributed by atoms with Gasteiger partial charge in [0.1, 0.15) is 0 Å². The zero-order valence-corrected chi connectivity index (χ0v) is 9.97. The van der Waals surface area contributed by atoms with Crippen LogP contribution >= 0.6 is 8.58 Å². The van der Waals surface area contributed by atoms with E-state index in [1.54, 1.807) is 0 Å². The molecule has 1 aliphatic rings. The summed E-state index contributed by atoms with van der Waals surface area (Å²) >= 11 is 0. The van der Waals surface area contributed by atoms with Crippen molar-refractivity contribution in [2.24, 2.45) is 5.92 Å². The molecule has 1 rings (SSSR count). The van der Waals surface area contributed by atoms with Gasteiger partial charge in [-0.25, -0.2) is 0 Å². The Morgan fingerprint density at radius 3 is 2.92 bits per heavy atom. The molecule has 0 bridgehead atoms. The van der Waals surface area contributed by atoms with Gasteiger partial charge in [-0.2, -0.15) is 0 Å². The number of nitrogens with zero attached hydrogens (tertiary/aromatic N) is 1. The lowest BCUT2D eigenvalue weighted by Gasteiger charge is -2.23. The second-order valence-corrected chi connectivity index (χ2v) is 5.06. The maximum Gasteiger partial charge on any atom is 0.00223 e. The van der Waals surface area contributed by atoms with E-state index in [9.17, 15) is 0 Å². The summed E-state index contributed by atoms with van der Waals surface area (Å²) in [6, 6.07) is 0. The highest BCUT2D eigenvalue weighted by Gasteiger charge is 2.16. The maximum atomic E-state index is 3.43. The number of rotatable bonds is 6. The molecule has 1 saturated heterocycles. The molecule has 0 saturated carbocycles. The highest BCUT2D eigenvalue weighted by Crippen LogP contribution is 2.10. The fourth-order valence-corrected chi connectivity index (χ4v) is 2.42. The molecule has 1 fully saturated rings. The molecule has 0 aromatic carbocycles. The van der Waals surface area contributed by atoms with Gasteiger partial charge in [-0.15, -0.1) is 8.58 Å². The first-order valence-electron chi connectivity index (χ1n) is 5.44. The van der Waals surface area contributed by atoms with Gasteiger partial charge in [0.15, 0.2) is 0 Å². The molecule has 3 heteroatoms. The Morgan fingerprint density at radius 1 is 1.54 bits per heavy atom. The van der Waals surface area contributed by atoms with Crippen molar-refractivity contribution in [3.8, 4) is 0 Å². The minimum absolute atomic E-state index is 0.917. The number of nitrogens with one attached hydrogen (secondary N) is 1. The second kappa shape index (κ2) is 6.75. The third-order valence-corrected chi connectivity index (χ3v) is 3.53. The summed E-state index contributed by atoms with van der Waals surface area (Å²) in [6.45, 7) is 10.9. The normalized spacial score (nSPS) is 23.8. The summed E-state index contributed by atoms with van der Waals surface area (Å²) in [5.74, 6) is 0.917. The Hall–Kier alpha value is 0.350. The Balaban J connectivity index is 2.13. The van der Waals surface area contributed by atoms with Crippen LogP contribution < -0.4 is 5.32 Å². The standard InChI is InChI=1S/C10H23N2P/c1-3-12(6-7-13-2)9-10-4-5-11-8-10/h10-11,13H,3-9H2,1-2H3. The van der Waals surface area contributed by atoms with Gasteiger partial charge >= 0.3 is 0 Å². The largest absolute Gasteiger partial charge is 0.316 e. The van der Waals surface area contributed by atoms with Crippen molar-refractivity contribution in [2.75, 3.05) is 45.6 Å². The van der Waals surface area contributed by atoms with E-state index in [0.29, 0.717) is 0 Å². The van der Waals surface area contributed by atoms with Gasteiger partial charge in [0.25, 0.3) is 0 Å². The fraction of sp³-hybridized carbons (Fsp3) is 1.00. The summed E-state index contributed by atoms with van der Waals surface area (Å²) in [4.78, 5) is 2.61. The quantitative estimate of drug-likeness (QED) is 0.652. The molecule has 2 nitrogen and oxygen atoms in total. The van der Waals surface area contributed by atoms with Crippen LogP contribution in [0.5, 0.6) is 0 Å². The van der Waals surface area contributed by atoms with E-state index in [4.69, 9.17) is 0 Å². The number of hydrogen-bond acceptors (Lipinski definition) is 2. The average molecular weight is 202 g/mol. The predicted molar refractivity (Wildman–Crippen MR) is 62.2 cm³/mol. The first kappa shape index (κ1) is 11.4. The number of hydrogen-bond donors (Lipinski definition) is 1. The summed E-state index contributed by atoms with van der Waals surface area (Å²) in [5.41, 5.74) is 0. The lowest BCUT2D eigenvalue weighted by Crippen LogP contribution is -2.32. The van der Waals surface area contributed by atoms with Gasteiger partial charge in [0.2, 0.25) is 0 Å². The zero-order valence-electron chi connectivity index (χ0n) is 8.97. The Bertz CT molecular complexity index is 124. The van der Waals surface area contributed by atoms with Crippen LogP contribution in [0.3, 0.4) is 0 Å². The molecule has 0 aliphatic carbocycles. The SMILES string of the molecule is CCN(CCPC)CC1CCNC1. The summed E-state index contributed by atoms with van der Waals surface area (Å²) in [7, 11) is 1.11. The monoisotopic (exact) mass is 202 g/mol. The van der Waals surface area contributed by atoms with E-state index in [-0.39, 0.29) is 0 Å². The summed E-state index contributed by atoms with van der Waals surface area (Å²) in [5, 5.41) is 3.43. The molecular weight excluding hydrogens is 179 g/mol. The highest BCUT2D eigenvalue weighted by atomic mass is 31.1. The lowest BCUT2D eigenvalue weighted by atomic mass is 10.1. The van der Waals surface area contributed by atoms with Crippen LogP contribution in [-0.2, 0) is 0 Å². The fourth-order valence-electron chi connectivity index (χ4n) is 1.88. The predicted octanol–water partition coefficient (Wildman–Crippen LogP) is 1.23. The van der Waals surface area contributed by atoms with Gasteiger partial charge in [-0.05, 0) is 44.8 Å². The molecule has 1 N–H and O–H groups in total. The molecular formula is C10H23N2P. The van der Waals surface area contributed by atoms with Crippen molar-refractivity contribution in [2.45, 2.75) is 13.3 Å². The van der Waals surface area contributed by atoms with Gasteiger partial charge in [0, 0.05) is 13.1 Å². The minimum atomic E-state index is 0.917. The van der Waals surface area contributed by atoms with Crippen LogP contribution in [0.15, 0.2) is 0 Å². The maximum absolute atomic E-state index is 3.43. The van der Waals surface area contributed by atoms with Crippen molar-refractivity contribution in [1.29, 1.82) is 0 Å². The van der Waals surface area contributed by atoms with Crippen molar-refractivity contribution >= 4 is 8.58 Å². The Labute approximate surface area is 84.2 Å². The van der Waals surface area contributed by atoms with Gasteiger partial charge in [0.05, 0.1) is 0 Å². The topological polar surface area (TPSA) is 15.3 Å². The minimum Gasteiger partial charge on any atom is -0.316 e.